The summed E-state index contributed by atoms with van der Waals surface area (Å²) in [7, 11) is 0. The van der Waals surface area contributed by atoms with Crippen LogP contribution >= 0.6 is 0 Å². The molecule has 0 radical (unpaired) electrons. The molecule has 7 rings (SSSR count). The van der Waals surface area contributed by atoms with Crippen molar-refractivity contribution in [3.8, 4) is 22.4 Å². The summed E-state index contributed by atoms with van der Waals surface area (Å²) in [6.45, 7) is 0. The molecule has 0 atom stereocenters. The molecule has 158 valence electrons. The van der Waals surface area contributed by atoms with Crippen LogP contribution in [0, 0.1) is 0 Å². The van der Waals surface area contributed by atoms with E-state index in [1.54, 1.807) is 0 Å². The summed E-state index contributed by atoms with van der Waals surface area (Å²) in [5, 5.41) is 7.16. The molecule has 7 aromatic rings. The van der Waals surface area contributed by atoms with Gasteiger partial charge in [0.2, 0.25) is 0 Å². The molecule has 0 amide bonds. The van der Waals surface area contributed by atoms with Crippen molar-refractivity contribution in [3.63, 3.8) is 0 Å². The number of benzene rings is 5. The first-order valence-electron chi connectivity index (χ1n) is 11.5. The largest absolute Gasteiger partial charge is 0.254 e. The first kappa shape index (κ1) is 19.0. The molecule has 2 heteroatoms. The molecule has 0 saturated heterocycles. The van der Waals surface area contributed by atoms with Gasteiger partial charge in [0.25, 0.3) is 0 Å². The summed E-state index contributed by atoms with van der Waals surface area (Å²) in [5.74, 6) is 0. The minimum atomic E-state index is 0.942. The number of fused-ring (bicyclic) bond motifs is 5. The molecule has 0 aliphatic rings. The van der Waals surface area contributed by atoms with Gasteiger partial charge in [-0.15, -0.1) is 0 Å². The number of nitrogens with zero attached hydrogens (tertiary/aromatic N) is 2. The summed E-state index contributed by atoms with van der Waals surface area (Å²) in [5.41, 5.74) is 6.48. The van der Waals surface area contributed by atoms with Gasteiger partial charge < -0.3 is 0 Å². The second-order valence-corrected chi connectivity index (χ2v) is 8.64. The number of aromatic nitrogens is 2. The molecule has 0 bridgehead atoms. The maximum Gasteiger partial charge on any atom is 0.0972 e. The number of hydrogen-bond acceptors (Lipinski definition) is 2. The summed E-state index contributed by atoms with van der Waals surface area (Å²) in [4.78, 5) is 9.74. The molecule has 0 aliphatic carbocycles. The molecule has 2 nitrogen and oxygen atoms in total. The highest BCUT2D eigenvalue weighted by Crippen LogP contribution is 2.38. The van der Waals surface area contributed by atoms with Crippen LogP contribution < -0.4 is 0 Å². The highest BCUT2D eigenvalue weighted by Gasteiger charge is 2.13. The fraction of sp³-hybridized carbons (Fsp3) is 0. The average Bonchev–Trinajstić information content (AvgIpc) is 2.92. The Labute approximate surface area is 197 Å². The Bertz CT molecular complexity index is 1860. The molecule has 34 heavy (non-hydrogen) atoms. The fourth-order valence-corrected chi connectivity index (χ4v) is 5.09. The molecule has 0 fully saturated rings. The van der Waals surface area contributed by atoms with Crippen LogP contribution in [0.4, 0.5) is 0 Å². The monoisotopic (exact) mass is 432 g/mol. The molecule has 0 unspecified atom stereocenters. The van der Waals surface area contributed by atoms with E-state index < -0.39 is 0 Å². The van der Waals surface area contributed by atoms with E-state index in [2.05, 4.69) is 114 Å². The zero-order valence-corrected chi connectivity index (χ0v) is 18.4. The van der Waals surface area contributed by atoms with E-state index in [1.807, 2.05) is 12.3 Å². The molecule has 0 spiro atoms. The highest BCUT2D eigenvalue weighted by molar-refractivity contribution is 6.10. The zero-order chi connectivity index (χ0) is 22.5. The lowest BCUT2D eigenvalue weighted by Gasteiger charge is -2.14. The van der Waals surface area contributed by atoms with Gasteiger partial charge in [0.1, 0.15) is 0 Å². The molecular formula is C32H20N2. The van der Waals surface area contributed by atoms with Gasteiger partial charge in [0.15, 0.2) is 0 Å². The molecule has 0 N–H and O–H groups in total. The van der Waals surface area contributed by atoms with E-state index in [0.717, 1.165) is 33.1 Å². The van der Waals surface area contributed by atoms with E-state index in [0.29, 0.717) is 0 Å². The van der Waals surface area contributed by atoms with Gasteiger partial charge in [-0.3, -0.25) is 4.98 Å². The lowest BCUT2D eigenvalue weighted by atomic mass is 9.91. The first-order chi connectivity index (χ1) is 16.9. The van der Waals surface area contributed by atoms with E-state index in [4.69, 9.17) is 4.98 Å². The minimum Gasteiger partial charge on any atom is -0.254 e. The highest BCUT2D eigenvalue weighted by atomic mass is 14.8. The van der Waals surface area contributed by atoms with Crippen LogP contribution in [-0.2, 0) is 0 Å². The van der Waals surface area contributed by atoms with Gasteiger partial charge in [0.05, 0.1) is 16.7 Å². The summed E-state index contributed by atoms with van der Waals surface area (Å²) in [6.07, 6.45) is 1.84. The normalized spacial score (nSPS) is 11.5. The van der Waals surface area contributed by atoms with Crippen molar-refractivity contribution < 1.29 is 0 Å². The lowest BCUT2D eigenvalue weighted by Crippen LogP contribution is -1.91. The van der Waals surface area contributed by atoms with Crippen molar-refractivity contribution in [3.05, 3.63) is 121 Å². The predicted octanol–water partition coefficient (Wildman–Crippen LogP) is 8.42. The topological polar surface area (TPSA) is 25.8 Å². The second kappa shape index (κ2) is 7.50. The zero-order valence-electron chi connectivity index (χ0n) is 18.4. The van der Waals surface area contributed by atoms with Crippen molar-refractivity contribution in [2.45, 2.75) is 0 Å². The maximum absolute atomic E-state index is 5.11. The molecule has 0 saturated carbocycles. The van der Waals surface area contributed by atoms with Gasteiger partial charge in [0, 0.05) is 22.5 Å². The molecular weight excluding hydrogens is 412 g/mol. The maximum atomic E-state index is 5.11. The number of hydrogen-bond donors (Lipinski definition) is 0. The van der Waals surface area contributed by atoms with Crippen molar-refractivity contribution in [1.82, 2.24) is 9.97 Å². The number of pyridine rings is 2. The quantitative estimate of drug-likeness (QED) is 0.256. The van der Waals surface area contributed by atoms with Crippen LogP contribution in [0.25, 0.3) is 65.7 Å². The van der Waals surface area contributed by atoms with Crippen LogP contribution in [0.1, 0.15) is 0 Å². The van der Waals surface area contributed by atoms with Crippen LogP contribution in [0.3, 0.4) is 0 Å². The van der Waals surface area contributed by atoms with Crippen LogP contribution in [0.15, 0.2) is 121 Å². The van der Waals surface area contributed by atoms with Crippen LogP contribution in [-0.4, -0.2) is 9.97 Å². The van der Waals surface area contributed by atoms with Gasteiger partial charge in [-0.2, -0.15) is 0 Å². The van der Waals surface area contributed by atoms with Gasteiger partial charge >= 0.3 is 0 Å². The van der Waals surface area contributed by atoms with Gasteiger partial charge in [-0.05, 0) is 44.8 Å². The minimum absolute atomic E-state index is 0.942. The Morgan fingerprint density at radius 2 is 1.00 bits per heavy atom. The summed E-state index contributed by atoms with van der Waals surface area (Å²) >= 11 is 0. The van der Waals surface area contributed by atoms with Crippen LogP contribution in [0.5, 0.6) is 0 Å². The van der Waals surface area contributed by atoms with Crippen molar-refractivity contribution in [2.24, 2.45) is 0 Å². The third-order valence-corrected chi connectivity index (χ3v) is 6.71. The van der Waals surface area contributed by atoms with E-state index in [9.17, 15) is 0 Å². The first-order valence-corrected chi connectivity index (χ1v) is 11.5. The Morgan fingerprint density at radius 1 is 0.382 bits per heavy atom. The van der Waals surface area contributed by atoms with Crippen molar-refractivity contribution in [1.29, 1.82) is 0 Å². The second-order valence-electron chi connectivity index (χ2n) is 8.64. The average molecular weight is 433 g/mol. The van der Waals surface area contributed by atoms with Crippen molar-refractivity contribution >= 4 is 43.4 Å². The number of rotatable bonds is 2. The Kier molecular flexibility index (Phi) is 4.18. The predicted molar refractivity (Wildman–Crippen MR) is 143 cm³/mol. The van der Waals surface area contributed by atoms with E-state index in [-0.39, 0.29) is 0 Å². The summed E-state index contributed by atoms with van der Waals surface area (Å²) in [6, 6.07) is 40.8. The molecule has 2 heterocycles. The lowest BCUT2D eigenvalue weighted by molar-refractivity contribution is 1.37. The molecule has 0 aliphatic heterocycles. The van der Waals surface area contributed by atoms with Gasteiger partial charge in [-0.25, -0.2) is 4.98 Å². The fourth-order valence-electron chi connectivity index (χ4n) is 5.09. The SMILES string of the molecule is c1ccc2c(-c3ccc(-c4ccc5ccc6cccnc6c5n4)c4ccccc34)cccc2c1. The third-order valence-electron chi connectivity index (χ3n) is 6.71. The third kappa shape index (κ3) is 2.89. The standard InChI is InChI=1S/C32H20N2/c1-2-10-24-21(7-1)8-5-13-25(24)28-17-18-29(27-12-4-3-11-26(27)28)30-19-16-23-15-14-22-9-6-20-33-31(22)32(23)34-30/h1-20H. The molecule has 2 aromatic heterocycles. The smallest absolute Gasteiger partial charge is 0.0972 e. The Balaban J connectivity index is 1.49. The molecule has 5 aromatic carbocycles. The van der Waals surface area contributed by atoms with Crippen molar-refractivity contribution in [2.75, 3.05) is 0 Å². The van der Waals surface area contributed by atoms with E-state index >= 15 is 0 Å². The Morgan fingerprint density at radius 3 is 1.88 bits per heavy atom. The van der Waals surface area contributed by atoms with E-state index in [1.165, 1.54) is 32.7 Å². The van der Waals surface area contributed by atoms with Crippen LogP contribution in [0.2, 0.25) is 0 Å². The summed E-state index contributed by atoms with van der Waals surface area (Å²) < 4.78 is 0. The van der Waals surface area contributed by atoms with Gasteiger partial charge in [-0.1, -0.05) is 103 Å². The Hall–Kier alpha value is -4.56.